The average Bonchev–Trinajstić information content (AvgIpc) is 3.26. The summed E-state index contributed by atoms with van der Waals surface area (Å²) in [6.45, 7) is 8.63. The van der Waals surface area contributed by atoms with Crippen LogP contribution >= 0.6 is 0 Å². The minimum absolute atomic E-state index is 0.0992. The molecular weight excluding hydrogens is 448 g/mol. The molecule has 0 radical (unpaired) electrons. The Bertz CT molecular complexity index is 1110. The van der Waals surface area contributed by atoms with Gasteiger partial charge in [0.25, 0.3) is 0 Å². The summed E-state index contributed by atoms with van der Waals surface area (Å²) in [5, 5.41) is 12.3. The van der Waals surface area contributed by atoms with Gasteiger partial charge in [-0.3, -0.25) is 9.69 Å². The second-order valence-corrected chi connectivity index (χ2v) is 9.31. The van der Waals surface area contributed by atoms with Crippen LogP contribution in [0.3, 0.4) is 0 Å². The smallest absolute Gasteiger partial charge is 0.407 e. The number of carboxylic acids is 1. The minimum atomic E-state index is -1.17. The molecule has 1 aliphatic heterocycles. The van der Waals surface area contributed by atoms with Gasteiger partial charge in [-0.2, -0.15) is 0 Å². The second kappa shape index (κ2) is 9.54. The maximum Gasteiger partial charge on any atom is 0.407 e. The first-order chi connectivity index (χ1) is 16.7. The van der Waals surface area contributed by atoms with Gasteiger partial charge in [-0.05, 0) is 49.4 Å². The Labute approximate surface area is 204 Å². The van der Waals surface area contributed by atoms with E-state index in [-0.39, 0.29) is 18.9 Å². The first kappa shape index (κ1) is 24.5. The zero-order chi connectivity index (χ0) is 25.3. The molecule has 0 saturated carbocycles. The Morgan fingerprint density at radius 2 is 1.71 bits per heavy atom. The molecule has 1 aliphatic carbocycles. The summed E-state index contributed by atoms with van der Waals surface area (Å²) in [6.07, 6.45) is 0.140. The first-order valence-electron chi connectivity index (χ1n) is 11.6. The Balaban J connectivity index is 1.48. The van der Waals surface area contributed by atoms with Gasteiger partial charge in [0.05, 0.1) is 6.10 Å². The molecule has 0 aromatic heterocycles. The van der Waals surface area contributed by atoms with E-state index < -0.39 is 41.9 Å². The van der Waals surface area contributed by atoms with Crippen LogP contribution in [0.4, 0.5) is 4.79 Å². The lowest BCUT2D eigenvalue weighted by molar-refractivity contribution is -0.156. The van der Waals surface area contributed by atoms with Gasteiger partial charge < -0.3 is 19.9 Å². The van der Waals surface area contributed by atoms with Gasteiger partial charge in [0.2, 0.25) is 5.91 Å². The van der Waals surface area contributed by atoms with Crippen LogP contribution in [0.1, 0.15) is 44.2 Å². The quantitative estimate of drug-likeness (QED) is 0.585. The van der Waals surface area contributed by atoms with Gasteiger partial charge >= 0.3 is 12.1 Å². The van der Waals surface area contributed by atoms with Crippen molar-refractivity contribution in [2.75, 3.05) is 6.61 Å². The SMILES string of the molecule is C=CC[C@H](NC(=O)OCC1c2ccccc2-c2ccccc21)C(=O)N1[C@H](C(=O)O)[C@@H](C)OC1(C)C. The molecule has 0 unspecified atom stereocenters. The van der Waals surface area contributed by atoms with Crippen LogP contribution in [-0.4, -0.2) is 58.5 Å². The number of amides is 2. The molecule has 35 heavy (non-hydrogen) atoms. The summed E-state index contributed by atoms with van der Waals surface area (Å²) in [7, 11) is 0. The van der Waals surface area contributed by atoms with Crippen molar-refractivity contribution in [2.24, 2.45) is 0 Å². The summed E-state index contributed by atoms with van der Waals surface area (Å²) < 4.78 is 11.3. The van der Waals surface area contributed by atoms with Gasteiger partial charge in [-0.25, -0.2) is 9.59 Å². The lowest BCUT2D eigenvalue weighted by Crippen LogP contribution is -2.58. The number of carbonyl (C=O) groups is 3. The van der Waals surface area contributed by atoms with Crippen molar-refractivity contribution in [1.29, 1.82) is 0 Å². The number of nitrogens with one attached hydrogen (secondary N) is 1. The summed E-state index contributed by atoms with van der Waals surface area (Å²) in [5.41, 5.74) is 3.23. The largest absolute Gasteiger partial charge is 0.480 e. The first-order valence-corrected chi connectivity index (χ1v) is 11.6. The highest BCUT2D eigenvalue weighted by molar-refractivity contribution is 5.90. The molecule has 2 N–H and O–H groups in total. The lowest BCUT2D eigenvalue weighted by atomic mass is 9.98. The Morgan fingerprint density at radius 1 is 1.14 bits per heavy atom. The zero-order valence-corrected chi connectivity index (χ0v) is 20.1. The van der Waals surface area contributed by atoms with E-state index in [9.17, 15) is 19.5 Å². The van der Waals surface area contributed by atoms with Crippen molar-refractivity contribution >= 4 is 18.0 Å². The number of fused-ring (bicyclic) bond motifs is 3. The number of aliphatic carboxylic acids is 1. The van der Waals surface area contributed by atoms with Crippen LogP contribution in [0.25, 0.3) is 11.1 Å². The highest BCUT2D eigenvalue weighted by Gasteiger charge is 2.52. The highest BCUT2D eigenvalue weighted by atomic mass is 16.6. The Morgan fingerprint density at radius 3 is 2.26 bits per heavy atom. The van der Waals surface area contributed by atoms with E-state index in [1.165, 1.54) is 11.0 Å². The number of alkyl carbamates (subject to hydrolysis) is 1. The third-order valence-electron chi connectivity index (χ3n) is 6.60. The summed E-state index contributed by atoms with van der Waals surface area (Å²) in [5.74, 6) is -1.86. The topological polar surface area (TPSA) is 105 Å². The van der Waals surface area contributed by atoms with E-state index in [0.717, 1.165) is 22.3 Å². The molecule has 4 rings (SSSR count). The van der Waals surface area contributed by atoms with Gasteiger partial charge in [0.15, 0.2) is 6.04 Å². The highest BCUT2D eigenvalue weighted by Crippen LogP contribution is 2.44. The number of hydrogen-bond acceptors (Lipinski definition) is 5. The number of rotatable bonds is 7. The molecular formula is C27H30N2O6. The van der Waals surface area contributed by atoms with E-state index >= 15 is 0 Å². The Kier molecular flexibility index (Phi) is 6.67. The fourth-order valence-electron chi connectivity index (χ4n) is 5.17. The maximum absolute atomic E-state index is 13.4. The number of carbonyl (C=O) groups excluding carboxylic acids is 2. The molecule has 184 valence electrons. The van der Waals surface area contributed by atoms with Gasteiger partial charge in [-0.1, -0.05) is 54.6 Å². The fraction of sp³-hybridized carbons (Fsp3) is 0.370. The van der Waals surface area contributed by atoms with Crippen molar-refractivity contribution in [3.05, 3.63) is 72.3 Å². The standard InChI is InChI=1S/C27H30N2O6/c1-5-10-22(24(30)29-23(25(31)32)16(2)35-27(29,3)4)28-26(33)34-15-21-19-13-8-6-11-17(19)18-12-7-9-14-20(18)21/h5-9,11-14,16,21-23H,1,10,15H2,2-4H3,(H,28,33)(H,31,32)/t16-,22+,23+/m1/s1. The summed E-state index contributed by atoms with van der Waals surface area (Å²) >= 11 is 0. The average molecular weight is 479 g/mol. The summed E-state index contributed by atoms with van der Waals surface area (Å²) in [4.78, 5) is 39.2. The van der Waals surface area contributed by atoms with E-state index in [4.69, 9.17) is 9.47 Å². The zero-order valence-electron chi connectivity index (χ0n) is 20.1. The molecule has 1 heterocycles. The predicted molar refractivity (Wildman–Crippen MR) is 130 cm³/mol. The summed E-state index contributed by atoms with van der Waals surface area (Å²) in [6, 6.07) is 13.8. The van der Waals surface area contributed by atoms with Crippen LogP contribution in [0.2, 0.25) is 0 Å². The molecule has 2 amide bonds. The van der Waals surface area contributed by atoms with Gasteiger partial charge in [0, 0.05) is 5.92 Å². The van der Waals surface area contributed by atoms with Crippen LogP contribution in [0.15, 0.2) is 61.2 Å². The third-order valence-corrected chi connectivity index (χ3v) is 6.60. The molecule has 2 aromatic carbocycles. The Hall–Kier alpha value is -3.65. The molecule has 2 aromatic rings. The van der Waals surface area contributed by atoms with Crippen LogP contribution in [-0.2, 0) is 19.1 Å². The monoisotopic (exact) mass is 478 g/mol. The molecule has 1 saturated heterocycles. The van der Waals surface area contributed by atoms with Crippen molar-refractivity contribution in [3.63, 3.8) is 0 Å². The second-order valence-electron chi connectivity index (χ2n) is 9.31. The van der Waals surface area contributed by atoms with Crippen LogP contribution in [0.5, 0.6) is 0 Å². The van der Waals surface area contributed by atoms with Crippen molar-refractivity contribution in [3.8, 4) is 11.1 Å². The fourth-order valence-corrected chi connectivity index (χ4v) is 5.17. The number of nitrogens with zero attached hydrogens (tertiary/aromatic N) is 1. The molecule has 0 bridgehead atoms. The molecule has 8 nitrogen and oxygen atoms in total. The van der Waals surface area contributed by atoms with Gasteiger partial charge in [-0.15, -0.1) is 6.58 Å². The minimum Gasteiger partial charge on any atom is -0.480 e. The van der Waals surface area contributed by atoms with Crippen molar-refractivity contribution in [2.45, 2.75) is 57.0 Å². The van der Waals surface area contributed by atoms with E-state index in [2.05, 4.69) is 11.9 Å². The molecule has 2 aliphatic rings. The lowest BCUT2D eigenvalue weighted by Gasteiger charge is -2.34. The predicted octanol–water partition coefficient (Wildman–Crippen LogP) is 3.91. The number of benzene rings is 2. The normalized spacial score (nSPS) is 21.1. The van der Waals surface area contributed by atoms with Gasteiger partial charge in [0.1, 0.15) is 18.4 Å². The van der Waals surface area contributed by atoms with Crippen molar-refractivity contribution < 1.29 is 29.0 Å². The van der Waals surface area contributed by atoms with Crippen molar-refractivity contribution in [1.82, 2.24) is 10.2 Å². The van der Waals surface area contributed by atoms with Crippen LogP contribution < -0.4 is 5.32 Å². The van der Waals surface area contributed by atoms with E-state index in [1.54, 1.807) is 20.8 Å². The molecule has 0 spiro atoms. The molecule has 3 atom stereocenters. The maximum atomic E-state index is 13.4. The number of hydrogen-bond donors (Lipinski definition) is 2. The molecule has 8 heteroatoms. The number of ether oxygens (including phenoxy) is 2. The third kappa shape index (κ3) is 4.53. The molecule has 1 fully saturated rings. The number of carboxylic acid groups (broad SMARTS) is 1. The van der Waals surface area contributed by atoms with E-state index in [1.807, 2.05) is 48.5 Å². The van der Waals surface area contributed by atoms with Crippen LogP contribution in [0, 0.1) is 0 Å². The van der Waals surface area contributed by atoms with E-state index in [0.29, 0.717) is 0 Å².